The van der Waals surface area contributed by atoms with Gasteiger partial charge in [0.25, 0.3) is 5.91 Å². The van der Waals surface area contributed by atoms with Gasteiger partial charge in [-0.15, -0.1) is 11.3 Å². The Bertz CT molecular complexity index is 719. The van der Waals surface area contributed by atoms with Crippen molar-refractivity contribution in [3.63, 3.8) is 0 Å². The van der Waals surface area contributed by atoms with Crippen LogP contribution in [0.4, 0.5) is 5.69 Å². The number of hydrogen-bond donors (Lipinski definition) is 1. The lowest BCUT2D eigenvalue weighted by atomic mass is 10.3. The molecular weight excluding hydrogens is 274 g/mol. The molecule has 0 aliphatic rings. The number of aromatic nitrogens is 2. The van der Waals surface area contributed by atoms with E-state index < -0.39 is 0 Å². The Morgan fingerprint density at radius 2 is 2.30 bits per heavy atom. The van der Waals surface area contributed by atoms with E-state index in [-0.39, 0.29) is 5.91 Å². The van der Waals surface area contributed by atoms with Gasteiger partial charge in [0, 0.05) is 17.8 Å². The molecule has 0 atom stereocenters. The maximum absolute atomic E-state index is 12.2. The summed E-state index contributed by atoms with van der Waals surface area (Å²) in [6.07, 6.45) is 3.59. The Balaban J connectivity index is 1.83. The quantitative estimate of drug-likeness (QED) is 0.802. The van der Waals surface area contributed by atoms with Crippen LogP contribution < -0.4 is 10.1 Å². The van der Waals surface area contributed by atoms with Gasteiger partial charge in [-0.25, -0.2) is 4.98 Å². The highest BCUT2D eigenvalue weighted by Gasteiger charge is 2.13. The van der Waals surface area contributed by atoms with E-state index in [9.17, 15) is 4.79 Å². The first-order valence-electron chi connectivity index (χ1n) is 6.23. The SMILES string of the molecule is CCOc1ccccc1NC(=O)c1cn2ccsc2n1. The number of nitrogens with zero attached hydrogens (tertiary/aromatic N) is 2. The van der Waals surface area contributed by atoms with E-state index in [2.05, 4.69) is 10.3 Å². The van der Waals surface area contributed by atoms with Gasteiger partial charge in [-0.05, 0) is 19.1 Å². The molecule has 1 amide bonds. The highest BCUT2D eigenvalue weighted by atomic mass is 32.1. The van der Waals surface area contributed by atoms with Crippen LogP contribution in [0.15, 0.2) is 42.0 Å². The first-order chi connectivity index (χ1) is 9.78. The molecule has 0 radical (unpaired) electrons. The number of rotatable bonds is 4. The third-order valence-electron chi connectivity index (χ3n) is 2.76. The standard InChI is InChI=1S/C14H13N3O2S/c1-2-19-12-6-4-3-5-10(12)15-13(18)11-9-17-7-8-20-14(17)16-11/h3-9H,2H2,1H3,(H,15,18). The molecule has 0 saturated carbocycles. The highest BCUT2D eigenvalue weighted by molar-refractivity contribution is 7.15. The first-order valence-corrected chi connectivity index (χ1v) is 7.11. The second-order valence-corrected chi connectivity index (χ2v) is 4.98. The number of hydrogen-bond acceptors (Lipinski definition) is 4. The van der Waals surface area contributed by atoms with Gasteiger partial charge in [0.15, 0.2) is 4.96 Å². The van der Waals surface area contributed by atoms with Crippen LogP contribution in [0, 0.1) is 0 Å². The fourth-order valence-corrected chi connectivity index (χ4v) is 2.57. The van der Waals surface area contributed by atoms with Gasteiger partial charge in [0.05, 0.1) is 12.3 Å². The predicted octanol–water partition coefficient (Wildman–Crippen LogP) is 3.05. The topological polar surface area (TPSA) is 55.6 Å². The molecule has 5 nitrogen and oxygen atoms in total. The van der Waals surface area contributed by atoms with Crippen molar-refractivity contribution in [3.8, 4) is 5.75 Å². The summed E-state index contributed by atoms with van der Waals surface area (Å²) < 4.78 is 7.31. The zero-order valence-corrected chi connectivity index (χ0v) is 11.7. The van der Waals surface area contributed by atoms with Crippen LogP contribution in [0.1, 0.15) is 17.4 Å². The zero-order chi connectivity index (χ0) is 13.9. The monoisotopic (exact) mass is 287 g/mol. The molecule has 2 heterocycles. The summed E-state index contributed by atoms with van der Waals surface area (Å²) in [7, 11) is 0. The van der Waals surface area contributed by atoms with Crippen LogP contribution in [-0.2, 0) is 0 Å². The molecule has 0 unspecified atom stereocenters. The third-order valence-corrected chi connectivity index (χ3v) is 3.53. The van der Waals surface area contributed by atoms with Crippen molar-refractivity contribution in [1.29, 1.82) is 0 Å². The zero-order valence-electron chi connectivity index (χ0n) is 10.9. The Kier molecular flexibility index (Phi) is 3.39. The number of nitrogens with one attached hydrogen (secondary N) is 1. The van der Waals surface area contributed by atoms with Gasteiger partial charge in [-0.1, -0.05) is 12.1 Å². The predicted molar refractivity (Wildman–Crippen MR) is 78.6 cm³/mol. The van der Waals surface area contributed by atoms with Crippen LogP contribution >= 0.6 is 11.3 Å². The number of para-hydroxylation sites is 2. The smallest absolute Gasteiger partial charge is 0.276 e. The van der Waals surface area contributed by atoms with Crippen molar-refractivity contribution in [3.05, 3.63) is 47.7 Å². The van der Waals surface area contributed by atoms with Crippen molar-refractivity contribution in [1.82, 2.24) is 9.38 Å². The number of fused-ring (bicyclic) bond motifs is 1. The molecule has 102 valence electrons. The third kappa shape index (κ3) is 2.37. The number of anilines is 1. The lowest BCUT2D eigenvalue weighted by Gasteiger charge is -2.10. The van der Waals surface area contributed by atoms with Crippen LogP contribution in [-0.4, -0.2) is 21.9 Å². The maximum Gasteiger partial charge on any atom is 0.276 e. The molecule has 0 aliphatic carbocycles. The molecule has 0 aliphatic heterocycles. The van der Waals surface area contributed by atoms with E-state index in [1.807, 2.05) is 41.1 Å². The second-order valence-electron chi connectivity index (χ2n) is 4.10. The minimum atomic E-state index is -0.243. The van der Waals surface area contributed by atoms with Gasteiger partial charge in [0.2, 0.25) is 0 Å². The molecular formula is C14H13N3O2S. The maximum atomic E-state index is 12.2. The van der Waals surface area contributed by atoms with E-state index in [1.165, 1.54) is 11.3 Å². The normalized spacial score (nSPS) is 10.7. The van der Waals surface area contributed by atoms with E-state index in [4.69, 9.17) is 4.74 Å². The summed E-state index contributed by atoms with van der Waals surface area (Å²) in [6, 6.07) is 7.35. The number of thiazole rings is 1. The Morgan fingerprint density at radius 1 is 1.45 bits per heavy atom. The van der Waals surface area contributed by atoms with Crippen molar-refractivity contribution in [2.45, 2.75) is 6.92 Å². The molecule has 3 aromatic rings. The summed E-state index contributed by atoms with van der Waals surface area (Å²) in [5.41, 5.74) is 1.04. The Labute approximate surface area is 119 Å². The fraction of sp³-hybridized carbons (Fsp3) is 0.143. The number of carbonyl (C=O) groups excluding carboxylic acids is 1. The molecule has 0 saturated heterocycles. The van der Waals surface area contributed by atoms with Gasteiger partial charge >= 0.3 is 0 Å². The summed E-state index contributed by atoms with van der Waals surface area (Å²) in [6.45, 7) is 2.45. The fourth-order valence-electron chi connectivity index (χ4n) is 1.87. The second kappa shape index (κ2) is 5.34. The van der Waals surface area contributed by atoms with Crippen LogP contribution in [0.2, 0.25) is 0 Å². The summed E-state index contributed by atoms with van der Waals surface area (Å²) >= 11 is 1.49. The van der Waals surface area contributed by atoms with Gasteiger partial charge < -0.3 is 10.1 Å². The van der Waals surface area contributed by atoms with E-state index in [0.717, 1.165) is 4.96 Å². The number of imidazole rings is 1. The largest absolute Gasteiger partial charge is 0.492 e. The highest BCUT2D eigenvalue weighted by Crippen LogP contribution is 2.24. The van der Waals surface area contributed by atoms with Crippen LogP contribution in [0.25, 0.3) is 4.96 Å². The lowest BCUT2D eigenvalue weighted by molar-refractivity contribution is 0.102. The van der Waals surface area contributed by atoms with Gasteiger partial charge in [-0.3, -0.25) is 9.20 Å². The molecule has 0 fully saturated rings. The molecule has 20 heavy (non-hydrogen) atoms. The minimum Gasteiger partial charge on any atom is -0.492 e. The summed E-state index contributed by atoms with van der Waals surface area (Å²) in [5.74, 6) is 0.414. The molecule has 1 N–H and O–H groups in total. The number of amides is 1. The summed E-state index contributed by atoms with van der Waals surface area (Å²) in [4.78, 5) is 17.3. The lowest BCUT2D eigenvalue weighted by Crippen LogP contribution is -2.13. The van der Waals surface area contributed by atoms with Crippen molar-refractivity contribution >= 4 is 27.9 Å². The minimum absolute atomic E-state index is 0.243. The van der Waals surface area contributed by atoms with Crippen LogP contribution in [0.3, 0.4) is 0 Å². The number of ether oxygens (including phenoxy) is 1. The van der Waals surface area contributed by atoms with Crippen molar-refractivity contribution in [2.75, 3.05) is 11.9 Å². The molecule has 6 heteroatoms. The van der Waals surface area contributed by atoms with Crippen LogP contribution in [0.5, 0.6) is 5.75 Å². The molecule has 3 rings (SSSR count). The Hall–Kier alpha value is -2.34. The van der Waals surface area contributed by atoms with E-state index in [1.54, 1.807) is 12.3 Å². The van der Waals surface area contributed by atoms with E-state index >= 15 is 0 Å². The van der Waals surface area contributed by atoms with E-state index in [0.29, 0.717) is 23.7 Å². The summed E-state index contributed by atoms with van der Waals surface area (Å²) in [5, 5.41) is 4.75. The average Bonchev–Trinajstić information content (AvgIpc) is 3.02. The molecule has 0 spiro atoms. The molecule has 0 bridgehead atoms. The molecule has 2 aromatic heterocycles. The molecule has 1 aromatic carbocycles. The van der Waals surface area contributed by atoms with Crippen molar-refractivity contribution < 1.29 is 9.53 Å². The van der Waals surface area contributed by atoms with Gasteiger partial charge in [-0.2, -0.15) is 0 Å². The first kappa shape index (κ1) is 12.7. The number of carbonyl (C=O) groups is 1. The average molecular weight is 287 g/mol. The van der Waals surface area contributed by atoms with Crippen molar-refractivity contribution in [2.24, 2.45) is 0 Å². The Morgan fingerprint density at radius 3 is 3.10 bits per heavy atom. The number of benzene rings is 1. The van der Waals surface area contributed by atoms with Gasteiger partial charge in [0.1, 0.15) is 11.4 Å².